The number of amides is 1. The van der Waals surface area contributed by atoms with Crippen molar-refractivity contribution in [1.29, 1.82) is 0 Å². The molecule has 1 aliphatic heterocycles. The van der Waals surface area contributed by atoms with Gasteiger partial charge in [-0.25, -0.2) is 4.98 Å². The molecule has 8 nitrogen and oxygen atoms in total. The Bertz CT molecular complexity index is 1050. The van der Waals surface area contributed by atoms with Crippen LogP contribution in [0.1, 0.15) is 21.6 Å². The Kier molecular flexibility index (Phi) is 5.59. The lowest BCUT2D eigenvalue weighted by molar-refractivity contribution is 0.0627. The van der Waals surface area contributed by atoms with Crippen LogP contribution in [-0.2, 0) is 13.6 Å². The van der Waals surface area contributed by atoms with Crippen molar-refractivity contribution < 1.29 is 14.3 Å². The monoisotopic (exact) mass is 409 g/mol. The van der Waals surface area contributed by atoms with Gasteiger partial charge in [0.25, 0.3) is 5.91 Å². The van der Waals surface area contributed by atoms with Gasteiger partial charge in [0, 0.05) is 63.0 Å². The fourth-order valence-corrected chi connectivity index (χ4v) is 3.92. The first-order valence-corrected chi connectivity index (χ1v) is 10.0. The van der Waals surface area contributed by atoms with E-state index in [9.17, 15) is 4.79 Å². The van der Waals surface area contributed by atoms with Gasteiger partial charge in [0.1, 0.15) is 11.5 Å². The molecule has 1 aromatic carbocycles. The van der Waals surface area contributed by atoms with Crippen LogP contribution in [0.25, 0.3) is 11.0 Å². The highest BCUT2D eigenvalue weighted by Crippen LogP contribution is 2.24. The molecule has 1 saturated heterocycles. The summed E-state index contributed by atoms with van der Waals surface area (Å²) in [5.41, 5.74) is 3.64. The van der Waals surface area contributed by atoms with Crippen molar-refractivity contribution in [2.75, 3.05) is 40.4 Å². The summed E-state index contributed by atoms with van der Waals surface area (Å²) < 4.78 is 12.4. The number of ether oxygens (including phenoxy) is 2. The molecule has 8 heteroatoms. The van der Waals surface area contributed by atoms with Crippen LogP contribution >= 0.6 is 0 Å². The molecule has 1 aliphatic rings. The number of rotatable bonds is 5. The average molecular weight is 409 g/mol. The number of carbonyl (C=O) groups is 1. The maximum Gasteiger partial charge on any atom is 0.254 e. The molecule has 0 atom stereocenters. The number of methoxy groups -OCH3 is 2. The van der Waals surface area contributed by atoms with Crippen LogP contribution < -0.4 is 9.47 Å². The van der Waals surface area contributed by atoms with Gasteiger partial charge in [0.05, 0.1) is 19.9 Å². The first-order chi connectivity index (χ1) is 14.5. The van der Waals surface area contributed by atoms with Crippen LogP contribution in [0.3, 0.4) is 0 Å². The Morgan fingerprint density at radius 3 is 2.33 bits per heavy atom. The Morgan fingerprint density at radius 1 is 1.03 bits per heavy atom. The zero-order valence-electron chi connectivity index (χ0n) is 17.9. The predicted octanol–water partition coefficient (Wildman–Crippen LogP) is 2.25. The van der Waals surface area contributed by atoms with Crippen molar-refractivity contribution >= 4 is 16.9 Å². The molecule has 0 unspecified atom stereocenters. The number of aryl methyl sites for hydroxylation is 2. The van der Waals surface area contributed by atoms with Crippen LogP contribution in [0.2, 0.25) is 0 Å². The van der Waals surface area contributed by atoms with E-state index < -0.39 is 0 Å². The van der Waals surface area contributed by atoms with Crippen molar-refractivity contribution in [2.24, 2.45) is 7.05 Å². The van der Waals surface area contributed by atoms with E-state index in [0.717, 1.165) is 41.9 Å². The molecular weight excluding hydrogens is 382 g/mol. The molecule has 0 radical (unpaired) electrons. The second-order valence-electron chi connectivity index (χ2n) is 7.59. The van der Waals surface area contributed by atoms with E-state index >= 15 is 0 Å². The van der Waals surface area contributed by atoms with E-state index in [1.54, 1.807) is 32.4 Å². The van der Waals surface area contributed by atoms with Gasteiger partial charge in [-0.05, 0) is 30.7 Å². The van der Waals surface area contributed by atoms with Crippen LogP contribution in [0, 0.1) is 6.92 Å². The number of aromatic nitrogens is 3. The van der Waals surface area contributed by atoms with Gasteiger partial charge in [-0.1, -0.05) is 0 Å². The lowest BCUT2D eigenvalue weighted by Crippen LogP contribution is -2.48. The van der Waals surface area contributed by atoms with Gasteiger partial charge < -0.3 is 14.4 Å². The summed E-state index contributed by atoms with van der Waals surface area (Å²) in [4.78, 5) is 21.8. The number of hydrogen-bond donors (Lipinski definition) is 0. The summed E-state index contributed by atoms with van der Waals surface area (Å²) in [5.74, 6) is 1.23. The highest BCUT2D eigenvalue weighted by Gasteiger charge is 2.23. The first-order valence-electron chi connectivity index (χ1n) is 10.0. The Morgan fingerprint density at radius 2 is 1.70 bits per heavy atom. The van der Waals surface area contributed by atoms with E-state index in [2.05, 4.69) is 21.0 Å². The van der Waals surface area contributed by atoms with Gasteiger partial charge in [-0.15, -0.1) is 0 Å². The molecule has 1 amide bonds. The normalized spacial score (nSPS) is 14.9. The molecule has 4 rings (SSSR count). The average Bonchev–Trinajstić information content (AvgIpc) is 3.06. The Balaban J connectivity index is 1.40. The number of nitrogens with zero attached hydrogens (tertiary/aromatic N) is 5. The molecule has 1 fully saturated rings. The number of piperazine rings is 1. The maximum atomic E-state index is 13.0. The lowest BCUT2D eigenvalue weighted by Gasteiger charge is -2.34. The number of pyridine rings is 1. The highest BCUT2D eigenvalue weighted by molar-refractivity contribution is 5.95. The summed E-state index contributed by atoms with van der Waals surface area (Å²) in [6, 6.07) is 7.46. The summed E-state index contributed by atoms with van der Waals surface area (Å²) >= 11 is 0. The van der Waals surface area contributed by atoms with Gasteiger partial charge in [0.15, 0.2) is 5.65 Å². The van der Waals surface area contributed by atoms with Crippen LogP contribution in [-0.4, -0.2) is 70.9 Å². The fraction of sp³-hybridized carbons (Fsp3) is 0.409. The van der Waals surface area contributed by atoms with E-state index in [1.807, 2.05) is 29.7 Å². The van der Waals surface area contributed by atoms with Gasteiger partial charge in [0.2, 0.25) is 0 Å². The number of carbonyl (C=O) groups excluding carboxylic acids is 1. The second-order valence-corrected chi connectivity index (χ2v) is 7.59. The standard InChI is InChI=1S/C22H27N5O3/c1-15-20-9-16(13-23-21(20)25(2)24-15)14-26-5-7-27(8-6-26)22(28)17-10-18(29-3)12-19(11-17)30-4/h9-13H,5-8,14H2,1-4H3. The van der Waals surface area contributed by atoms with Crippen molar-refractivity contribution in [1.82, 2.24) is 24.6 Å². The Hall–Kier alpha value is -3.13. The molecule has 0 bridgehead atoms. The van der Waals surface area contributed by atoms with Crippen molar-refractivity contribution in [2.45, 2.75) is 13.5 Å². The molecule has 3 aromatic rings. The predicted molar refractivity (Wildman–Crippen MR) is 114 cm³/mol. The summed E-state index contributed by atoms with van der Waals surface area (Å²) in [5, 5.41) is 5.53. The van der Waals surface area contributed by atoms with E-state index in [4.69, 9.17) is 9.47 Å². The summed E-state index contributed by atoms with van der Waals surface area (Å²) in [6.45, 7) is 5.81. The highest BCUT2D eigenvalue weighted by atomic mass is 16.5. The largest absolute Gasteiger partial charge is 0.497 e. The zero-order chi connectivity index (χ0) is 21.3. The number of benzene rings is 1. The Labute approximate surface area is 176 Å². The van der Waals surface area contributed by atoms with E-state index in [0.29, 0.717) is 30.2 Å². The second kappa shape index (κ2) is 8.31. The third kappa shape index (κ3) is 3.95. The molecule has 0 aliphatic carbocycles. The molecule has 0 spiro atoms. The zero-order valence-corrected chi connectivity index (χ0v) is 17.9. The molecule has 0 N–H and O–H groups in total. The third-order valence-electron chi connectivity index (χ3n) is 5.58. The molecular formula is C22H27N5O3. The molecule has 158 valence electrons. The number of fused-ring (bicyclic) bond motifs is 1. The van der Waals surface area contributed by atoms with Gasteiger partial charge in [-0.3, -0.25) is 14.4 Å². The minimum Gasteiger partial charge on any atom is -0.497 e. The maximum absolute atomic E-state index is 13.0. The van der Waals surface area contributed by atoms with Crippen LogP contribution in [0.4, 0.5) is 0 Å². The number of hydrogen-bond acceptors (Lipinski definition) is 6. The minimum atomic E-state index is 0.000853. The summed E-state index contributed by atoms with van der Waals surface area (Å²) in [7, 11) is 5.08. The smallest absolute Gasteiger partial charge is 0.254 e. The minimum absolute atomic E-state index is 0.000853. The quantitative estimate of drug-likeness (QED) is 0.644. The molecule has 2 aromatic heterocycles. The fourth-order valence-electron chi connectivity index (χ4n) is 3.92. The first kappa shape index (κ1) is 20.2. The van der Waals surface area contributed by atoms with Crippen molar-refractivity contribution in [3.63, 3.8) is 0 Å². The molecule has 30 heavy (non-hydrogen) atoms. The topological polar surface area (TPSA) is 72.7 Å². The molecule has 3 heterocycles. The van der Waals surface area contributed by atoms with Crippen LogP contribution in [0.5, 0.6) is 11.5 Å². The molecule has 0 saturated carbocycles. The SMILES string of the molecule is COc1cc(OC)cc(C(=O)N2CCN(Cc3cnc4c(c3)c(C)nn4C)CC2)c1. The van der Waals surface area contributed by atoms with E-state index in [-0.39, 0.29) is 5.91 Å². The third-order valence-corrected chi connectivity index (χ3v) is 5.58. The van der Waals surface area contributed by atoms with Gasteiger partial charge in [-0.2, -0.15) is 5.10 Å². The van der Waals surface area contributed by atoms with Crippen molar-refractivity contribution in [3.8, 4) is 11.5 Å². The van der Waals surface area contributed by atoms with Crippen LogP contribution in [0.15, 0.2) is 30.5 Å². The van der Waals surface area contributed by atoms with E-state index in [1.165, 1.54) is 0 Å². The lowest BCUT2D eigenvalue weighted by atomic mass is 10.1. The van der Waals surface area contributed by atoms with Crippen molar-refractivity contribution in [3.05, 3.63) is 47.3 Å². The van der Waals surface area contributed by atoms with Gasteiger partial charge >= 0.3 is 0 Å². The summed E-state index contributed by atoms with van der Waals surface area (Å²) in [6.07, 6.45) is 1.92.